The first kappa shape index (κ1) is 21.5. The van der Waals surface area contributed by atoms with Crippen LogP contribution in [-0.2, 0) is 32.2 Å². The summed E-state index contributed by atoms with van der Waals surface area (Å²) in [6.07, 6.45) is 2.55. The van der Waals surface area contributed by atoms with Crippen LogP contribution in [0.3, 0.4) is 0 Å². The minimum atomic E-state index is -3.77. The largest absolute Gasteiger partial charge is 0.462 e. The van der Waals surface area contributed by atoms with Crippen LogP contribution in [0, 0.1) is 12.8 Å². The first-order chi connectivity index (χ1) is 13.7. The highest BCUT2D eigenvalue weighted by atomic mass is 32.2. The van der Waals surface area contributed by atoms with Gasteiger partial charge in [0.05, 0.1) is 17.1 Å². The summed E-state index contributed by atoms with van der Waals surface area (Å²) in [6, 6.07) is 6.37. The number of benzene rings is 1. The molecule has 1 atom stereocenters. The zero-order valence-electron chi connectivity index (χ0n) is 16.8. The summed E-state index contributed by atoms with van der Waals surface area (Å²) < 4.78 is 30.3. The predicted octanol–water partition coefficient (Wildman–Crippen LogP) is 3.77. The molecule has 0 saturated heterocycles. The van der Waals surface area contributed by atoms with Crippen LogP contribution in [-0.4, -0.2) is 32.7 Å². The van der Waals surface area contributed by atoms with Crippen molar-refractivity contribution in [2.45, 2.75) is 44.9 Å². The molecular weight excluding hydrogens is 410 g/mol. The Bertz CT molecular complexity index is 1020. The maximum atomic E-state index is 12.6. The third-order valence-electron chi connectivity index (χ3n) is 4.95. The molecule has 29 heavy (non-hydrogen) atoms. The summed E-state index contributed by atoms with van der Waals surface area (Å²) in [5.74, 6) is -1.32. The van der Waals surface area contributed by atoms with Gasteiger partial charge in [0.2, 0.25) is 5.91 Å². The van der Waals surface area contributed by atoms with E-state index < -0.39 is 27.5 Å². The van der Waals surface area contributed by atoms with Crippen LogP contribution < -0.4 is 5.32 Å². The number of ether oxygens (including phenoxy) is 1. The van der Waals surface area contributed by atoms with Gasteiger partial charge < -0.3 is 10.1 Å². The number of sulfone groups is 1. The maximum absolute atomic E-state index is 12.6. The third kappa shape index (κ3) is 4.87. The molecule has 0 unspecified atom stereocenters. The number of anilines is 1. The lowest BCUT2D eigenvalue weighted by Crippen LogP contribution is -2.24. The Labute approximate surface area is 175 Å². The number of carbonyl (C=O) groups excluding carboxylic acids is 2. The maximum Gasteiger partial charge on any atom is 0.341 e. The molecular formula is C21H25NO5S2. The van der Waals surface area contributed by atoms with E-state index in [9.17, 15) is 18.0 Å². The van der Waals surface area contributed by atoms with Gasteiger partial charge in [0.15, 0.2) is 9.84 Å². The number of rotatable bonds is 6. The van der Waals surface area contributed by atoms with E-state index in [0.29, 0.717) is 16.5 Å². The lowest BCUT2D eigenvalue weighted by atomic mass is 9.88. The number of carbonyl (C=O) groups is 2. The van der Waals surface area contributed by atoms with Crippen LogP contribution in [0.15, 0.2) is 29.2 Å². The van der Waals surface area contributed by atoms with Gasteiger partial charge in [-0.05, 0) is 56.7 Å². The molecule has 1 aromatic heterocycles. The molecule has 0 aliphatic heterocycles. The predicted molar refractivity (Wildman–Crippen MR) is 113 cm³/mol. The van der Waals surface area contributed by atoms with Gasteiger partial charge >= 0.3 is 5.97 Å². The average Bonchev–Trinajstić information content (AvgIpc) is 2.98. The molecule has 0 radical (unpaired) electrons. The number of nitrogens with one attached hydrogen (secondary N) is 1. The number of thiophene rings is 1. The van der Waals surface area contributed by atoms with Gasteiger partial charge in [0.25, 0.3) is 0 Å². The molecule has 1 aromatic carbocycles. The lowest BCUT2D eigenvalue weighted by Gasteiger charge is -2.18. The van der Waals surface area contributed by atoms with Gasteiger partial charge in [-0.3, -0.25) is 4.79 Å². The Kier molecular flexibility index (Phi) is 6.43. The second-order valence-corrected chi connectivity index (χ2v) is 10.5. The quantitative estimate of drug-likeness (QED) is 0.698. The zero-order chi connectivity index (χ0) is 21.2. The molecule has 8 heteroatoms. The molecule has 6 nitrogen and oxygen atoms in total. The molecule has 0 fully saturated rings. The van der Waals surface area contributed by atoms with Crippen molar-refractivity contribution in [2.75, 3.05) is 17.7 Å². The van der Waals surface area contributed by atoms with Crippen LogP contribution in [0.1, 0.15) is 46.6 Å². The minimum Gasteiger partial charge on any atom is -0.462 e. The van der Waals surface area contributed by atoms with Crippen LogP contribution in [0.5, 0.6) is 0 Å². The molecule has 0 bridgehead atoms. The van der Waals surface area contributed by atoms with E-state index >= 15 is 0 Å². The number of aryl methyl sites for hydroxylation is 1. The molecule has 3 rings (SSSR count). The first-order valence-electron chi connectivity index (χ1n) is 9.62. The summed E-state index contributed by atoms with van der Waals surface area (Å²) >= 11 is 1.34. The van der Waals surface area contributed by atoms with Crippen molar-refractivity contribution in [3.05, 3.63) is 45.8 Å². The molecule has 2 aromatic rings. The standard InChI is InChI=1S/C21H25NO5S2/c1-4-27-21(24)19-16-10-7-14(3)11-17(16)28-20(19)22-18(23)12-29(25,26)15-8-5-13(2)6-9-15/h5-6,8-9,14H,4,7,10-12H2,1-3H3,(H,22,23)/t14-/m1/s1. The highest BCUT2D eigenvalue weighted by Gasteiger charge is 2.30. The van der Waals surface area contributed by atoms with E-state index in [1.807, 2.05) is 6.92 Å². The Morgan fingerprint density at radius 1 is 1.24 bits per heavy atom. The van der Waals surface area contributed by atoms with Crippen molar-refractivity contribution >= 4 is 38.1 Å². The summed E-state index contributed by atoms with van der Waals surface area (Å²) in [5, 5.41) is 3.04. The first-order valence-corrected chi connectivity index (χ1v) is 12.1. The summed E-state index contributed by atoms with van der Waals surface area (Å²) in [6.45, 7) is 5.97. The van der Waals surface area contributed by atoms with Crippen molar-refractivity contribution in [2.24, 2.45) is 5.92 Å². The highest BCUT2D eigenvalue weighted by Crippen LogP contribution is 2.40. The smallest absolute Gasteiger partial charge is 0.341 e. The minimum absolute atomic E-state index is 0.100. The topological polar surface area (TPSA) is 89.5 Å². The lowest BCUT2D eigenvalue weighted by molar-refractivity contribution is -0.113. The summed E-state index contributed by atoms with van der Waals surface area (Å²) in [4.78, 5) is 26.2. The highest BCUT2D eigenvalue weighted by molar-refractivity contribution is 7.92. The Morgan fingerprint density at radius 2 is 1.93 bits per heavy atom. The number of esters is 1. The van der Waals surface area contributed by atoms with Crippen molar-refractivity contribution in [1.29, 1.82) is 0 Å². The van der Waals surface area contributed by atoms with Crippen molar-refractivity contribution in [3.63, 3.8) is 0 Å². The number of amides is 1. The van der Waals surface area contributed by atoms with E-state index in [4.69, 9.17) is 4.74 Å². The molecule has 156 valence electrons. The third-order valence-corrected chi connectivity index (χ3v) is 7.75. The van der Waals surface area contributed by atoms with Crippen LogP contribution in [0.2, 0.25) is 0 Å². The van der Waals surface area contributed by atoms with E-state index in [1.54, 1.807) is 19.1 Å². The van der Waals surface area contributed by atoms with E-state index in [2.05, 4.69) is 12.2 Å². The number of hydrogen-bond donors (Lipinski definition) is 1. The summed E-state index contributed by atoms with van der Waals surface area (Å²) in [7, 11) is -3.77. The molecule has 1 N–H and O–H groups in total. The van der Waals surface area contributed by atoms with Gasteiger partial charge in [-0.25, -0.2) is 13.2 Å². The van der Waals surface area contributed by atoms with Crippen molar-refractivity contribution in [3.8, 4) is 0 Å². The monoisotopic (exact) mass is 435 g/mol. The molecule has 1 amide bonds. The molecule has 0 saturated carbocycles. The van der Waals surface area contributed by atoms with Gasteiger partial charge in [-0.15, -0.1) is 11.3 Å². The van der Waals surface area contributed by atoms with E-state index in [-0.39, 0.29) is 11.5 Å². The Balaban J connectivity index is 1.84. The van der Waals surface area contributed by atoms with E-state index in [1.165, 1.54) is 23.5 Å². The van der Waals surface area contributed by atoms with Crippen LogP contribution in [0.25, 0.3) is 0 Å². The molecule has 1 heterocycles. The second kappa shape index (κ2) is 8.67. The van der Waals surface area contributed by atoms with Gasteiger partial charge in [0, 0.05) is 4.88 Å². The normalized spacial score (nSPS) is 16.2. The van der Waals surface area contributed by atoms with Crippen LogP contribution >= 0.6 is 11.3 Å². The fraction of sp³-hybridized carbons (Fsp3) is 0.429. The molecule has 0 spiro atoms. The number of hydrogen-bond acceptors (Lipinski definition) is 6. The molecule has 1 aliphatic carbocycles. The van der Waals surface area contributed by atoms with E-state index in [0.717, 1.165) is 35.3 Å². The Hall–Kier alpha value is -2.19. The van der Waals surface area contributed by atoms with Gasteiger partial charge in [0.1, 0.15) is 10.8 Å². The fourth-order valence-electron chi connectivity index (χ4n) is 3.42. The Morgan fingerprint density at radius 3 is 2.59 bits per heavy atom. The summed E-state index contributed by atoms with van der Waals surface area (Å²) in [5.41, 5.74) is 2.23. The van der Waals surface area contributed by atoms with Crippen molar-refractivity contribution in [1.82, 2.24) is 0 Å². The fourth-order valence-corrected chi connectivity index (χ4v) is 5.97. The second-order valence-electron chi connectivity index (χ2n) is 7.40. The SMILES string of the molecule is CCOC(=O)c1c(NC(=O)CS(=O)(=O)c2ccc(C)cc2)sc2c1CC[C@@H](C)C2. The van der Waals surface area contributed by atoms with Crippen molar-refractivity contribution < 1.29 is 22.7 Å². The van der Waals surface area contributed by atoms with Gasteiger partial charge in [-0.2, -0.15) is 0 Å². The van der Waals surface area contributed by atoms with Gasteiger partial charge in [-0.1, -0.05) is 24.6 Å². The molecule has 1 aliphatic rings. The average molecular weight is 436 g/mol. The number of fused-ring (bicyclic) bond motifs is 1. The van der Waals surface area contributed by atoms with Crippen LogP contribution in [0.4, 0.5) is 5.00 Å². The zero-order valence-corrected chi connectivity index (χ0v) is 18.4.